The second-order valence-corrected chi connectivity index (χ2v) is 7.17. The van der Waals surface area contributed by atoms with Crippen LogP contribution in [-0.4, -0.2) is 10.8 Å². The molecule has 26 heavy (non-hydrogen) atoms. The van der Waals surface area contributed by atoms with Crippen LogP contribution >= 0.6 is 34.8 Å². The standard InChI is InChI=1S/C20H18Cl3N3/c1-13-9-16(12-25-24-11-15-5-3-4-6-18(15)21)14(2)26(13)17-7-8-19(22)20(23)10-17/h3-10,12,24H,11H2,1-2H3/b25-12-. The number of halogens is 3. The molecule has 0 fully saturated rings. The van der Waals surface area contributed by atoms with E-state index in [2.05, 4.69) is 21.2 Å². The van der Waals surface area contributed by atoms with E-state index in [9.17, 15) is 0 Å². The Labute approximate surface area is 168 Å². The number of rotatable bonds is 5. The third-order valence-corrected chi connectivity index (χ3v) is 5.26. The van der Waals surface area contributed by atoms with Crippen LogP contribution in [0.4, 0.5) is 0 Å². The van der Waals surface area contributed by atoms with E-state index in [1.54, 1.807) is 6.07 Å². The summed E-state index contributed by atoms with van der Waals surface area (Å²) >= 11 is 18.3. The lowest BCUT2D eigenvalue weighted by atomic mass is 10.2. The molecule has 0 radical (unpaired) electrons. The van der Waals surface area contributed by atoms with E-state index in [0.29, 0.717) is 16.6 Å². The number of hydrazone groups is 1. The van der Waals surface area contributed by atoms with Gasteiger partial charge in [0.05, 0.1) is 22.8 Å². The van der Waals surface area contributed by atoms with Gasteiger partial charge >= 0.3 is 0 Å². The van der Waals surface area contributed by atoms with Gasteiger partial charge < -0.3 is 9.99 Å². The average molecular weight is 407 g/mol. The maximum absolute atomic E-state index is 6.16. The Kier molecular flexibility index (Phi) is 5.92. The highest BCUT2D eigenvalue weighted by Crippen LogP contribution is 2.27. The van der Waals surface area contributed by atoms with Crippen LogP contribution in [0.2, 0.25) is 15.1 Å². The Balaban J connectivity index is 1.77. The molecule has 6 heteroatoms. The first-order valence-electron chi connectivity index (χ1n) is 8.11. The van der Waals surface area contributed by atoms with Gasteiger partial charge in [-0.3, -0.25) is 0 Å². The molecular formula is C20H18Cl3N3. The van der Waals surface area contributed by atoms with Gasteiger partial charge in [-0.2, -0.15) is 5.10 Å². The van der Waals surface area contributed by atoms with Crippen molar-refractivity contribution >= 4 is 41.0 Å². The monoisotopic (exact) mass is 405 g/mol. The summed E-state index contributed by atoms with van der Waals surface area (Å²) in [7, 11) is 0. The highest BCUT2D eigenvalue weighted by Gasteiger charge is 2.10. The van der Waals surface area contributed by atoms with E-state index in [1.807, 2.05) is 56.5 Å². The van der Waals surface area contributed by atoms with Crippen molar-refractivity contribution in [2.45, 2.75) is 20.4 Å². The molecule has 3 nitrogen and oxygen atoms in total. The first kappa shape index (κ1) is 18.8. The lowest BCUT2D eigenvalue weighted by molar-refractivity contribution is 0.748. The molecule has 1 heterocycles. The fourth-order valence-corrected chi connectivity index (χ4v) is 3.32. The van der Waals surface area contributed by atoms with Crippen molar-refractivity contribution in [2.75, 3.05) is 0 Å². The minimum Gasteiger partial charge on any atom is -0.318 e. The molecule has 2 aromatic carbocycles. The van der Waals surface area contributed by atoms with E-state index in [4.69, 9.17) is 34.8 Å². The summed E-state index contributed by atoms with van der Waals surface area (Å²) in [6.07, 6.45) is 1.81. The maximum Gasteiger partial charge on any atom is 0.0613 e. The van der Waals surface area contributed by atoms with Crippen LogP contribution < -0.4 is 5.43 Å². The molecule has 0 aliphatic carbocycles. The normalized spacial score (nSPS) is 11.3. The molecule has 0 bridgehead atoms. The van der Waals surface area contributed by atoms with Crippen molar-refractivity contribution < 1.29 is 0 Å². The van der Waals surface area contributed by atoms with Crippen LogP contribution in [0.3, 0.4) is 0 Å². The zero-order valence-electron chi connectivity index (χ0n) is 14.4. The Bertz CT molecular complexity index is 961. The predicted molar refractivity (Wildman–Crippen MR) is 111 cm³/mol. The molecule has 3 rings (SSSR count). The molecule has 0 saturated heterocycles. The molecule has 134 valence electrons. The second-order valence-electron chi connectivity index (χ2n) is 5.94. The van der Waals surface area contributed by atoms with Gasteiger partial charge in [-0.1, -0.05) is 53.0 Å². The number of nitrogens with zero attached hydrogens (tertiary/aromatic N) is 2. The first-order chi connectivity index (χ1) is 12.5. The van der Waals surface area contributed by atoms with Crippen LogP contribution in [0.1, 0.15) is 22.5 Å². The highest BCUT2D eigenvalue weighted by molar-refractivity contribution is 6.42. The van der Waals surface area contributed by atoms with E-state index in [1.165, 1.54) is 0 Å². The maximum atomic E-state index is 6.16. The molecule has 0 atom stereocenters. The Morgan fingerprint density at radius 2 is 1.73 bits per heavy atom. The van der Waals surface area contributed by atoms with Crippen molar-refractivity contribution in [1.82, 2.24) is 9.99 Å². The third-order valence-electron chi connectivity index (χ3n) is 4.15. The van der Waals surface area contributed by atoms with Crippen molar-refractivity contribution in [2.24, 2.45) is 5.10 Å². The fraction of sp³-hybridized carbons (Fsp3) is 0.150. The van der Waals surface area contributed by atoms with Gasteiger partial charge in [0.1, 0.15) is 0 Å². The van der Waals surface area contributed by atoms with E-state index >= 15 is 0 Å². The van der Waals surface area contributed by atoms with Crippen LogP contribution in [0.15, 0.2) is 53.6 Å². The van der Waals surface area contributed by atoms with Gasteiger partial charge in [-0.05, 0) is 49.7 Å². The van der Waals surface area contributed by atoms with Gasteiger partial charge in [0.15, 0.2) is 0 Å². The predicted octanol–water partition coefficient (Wildman–Crippen LogP) is 6.18. The Morgan fingerprint density at radius 3 is 2.46 bits per heavy atom. The largest absolute Gasteiger partial charge is 0.318 e. The lowest BCUT2D eigenvalue weighted by Crippen LogP contribution is -2.06. The Morgan fingerprint density at radius 1 is 0.962 bits per heavy atom. The van der Waals surface area contributed by atoms with Crippen molar-refractivity contribution in [3.63, 3.8) is 0 Å². The molecule has 0 spiro atoms. The zero-order chi connectivity index (χ0) is 18.7. The molecule has 0 saturated carbocycles. The van der Waals surface area contributed by atoms with Crippen LogP contribution in [0.5, 0.6) is 0 Å². The second kappa shape index (κ2) is 8.17. The molecule has 0 aliphatic rings. The molecular weight excluding hydrogens is 389 g/mol. The average Bonchev–Trinajstić information content (AvgIpc) is 2.89. The van der Waals surface area contributed by atoms with Crippen LogP contribution in [-0.2, 0) is 6.54 Å². The number of aryl methyl sites for hydroxylation is 1. The van der Waals surface area contributed by atoms with E-state index in [-0.39, 0.29) is 0 Å². The Hall–Kier alpha value is -1.94. The topological polar surface area (TPSA) is 29.3 Å². The SMILES string of the molecule is Cc1cc(/C=N\NCc2ccccc2Cl)c(C)n1-c1ccc(Cl)c(Cl)c1. The summed E-state index contributed by atoms with van der Waals surface area (Å²) in [5.74, 6) is 0. The summed E-state index contributed by atoms with van der Waals surface area (Å²) < 4.78 is 2.12. The summed E-state index contributed by atoms with van der Waals surface area (Å²) in [6, 6.07) is 15.4. The molecule has 0 amide bonds. The highest BCUT2D eigenvalue weighted by atomic mass is 35.5. The van der Waals surface area contributed by atoms with E-state index < -0.39 is 0 Å². The first-order valence-corrected chi connectivity index (χ1v) is 9.24. The number of aromatic nitrogens is 1. The van der Waals surface area contributed by atoms with Crippen molar-refractivity contribution in [3.05, 3.63) is 86.1 Å². The smallest absolute Gasteiger partial charge is 0.0613 e. The molecule has 3 aromatic rings. The summed E-state index contributed by atoms with van der Waals surface area (Å²) in [6.45, 7) is 4.66. The fourth-order valence-electron chi connectivity index (χ4n) is 2.83. The number of hydrogen-bond donors (Lipinski definition) is 1. The van der Waals surface area contributed by atoms with Gasteiger partial charge in [0.25, 0.3) is 0 Å². The van der Waals surface area contributed by atoms with Crippen LogP contribution in [0.25, 0.3) is 5.69 Å². The molecule has 0 unspecified atom stereocenters. The zero-order valence-corrected chi connectivity index (χ0v) is 16.7. The summed E-state index contributed by atoms with van der Waals surface area (Å²) in [4.78, 5) is 0. The third kappa shape index (κ3) is 4.07. The van der Waals surface area contributed by atoms with Crippen LogP contribution in [0, 0.1) is 13.8 Å². The number of benzene rings is 2. The minimum atomic E-state index is 0.535. The minimum absolute atomic E-state index is 0.535. The number of hydrogen-bond acceptors (Lipinski definition) is 2. The van der Waals surface area contributed by atoms with Crippen molar-refractivity contribution in [3.8, 4) is 5.69 Å². The van der Waals surface area contributed by atoms with E-state index in [0.717, 1.165) is 33.2 Å². The van der Waals surface area contributed by atoms with Gasteiger partial charge in [-0.25, -0.2) is 0 Å². The molecule has 0 aliphatic heterocycles. The number of nitrogens with one attached hydrogen (secondary N) is 1. The molecule has 1 aromatic heterocycles. The van der Waals surface area contributed by atoms with Crippen molar-refractivity contribution in [1.29, 1.82) is 0 Å². The molecule has 1 N–H and O–H groups in total. The van der Waals surface area contributed by atoms with Gasteiger partial charge in [-0.15, -0.1) is 0 Å². The van der Waals surface area contributed by atoms with Gasteiger partial charge in [0.2, 0.25) is 0 Å². The lowest BCUT2D eigenvalue weighted by Gasteiger charge is -2.10. The quantitative estimate of drug-likeness (QED) is 0.398. The summed E-state index contributed by atoms with van der Waals surface area (Å²) in [5.41, 5.74) is 8.21. The van der Waals surface area contributed by atoms with Gasteiger partial charge in [0, 0.05) is 27.7 Å². The summed E-state index contributed by atoms with van der Waals surface area (Å²) in [5, 5.41) is 6.13.